The van der Waals surface area contributed by atoms with Crippen molar-refractivity contribution in [2.75, 3.05) is 43.4 Å². The van der Waals surface area contributed by atoms with E-state index in [4.69, 9.17) is 0 Å². The number of hydrogen-bond donors (Lipinski definition) is 2. The maximum atomic E-state index is 12.9. The number of carbonyl (C=O) groups excluding carboxylic acids is 1. The summed E-state index contributed by atoms with van der Waals surface area (Å²) in [6.45, 7) is 6.11. The molecule has 1 fully saturated rings. The lowest BCUT2D eigenvalue weighted by atomic mass is 10.1. The zero-order valence-corrected chi connectivity index (χ0v) is 16.1. The Morgan fingerprint density at radius 3 is 2.96 bits per heavy atom. The summed E-state index contributed by atoms with van der Waals surface area (Å²) in [6.07, 6.45) is 8.33. The molecule has 0 spiro atoms. The van der Waals surface area contributed by atoms with E-state index in [0.29, 0.717) is 19.1 Å². The molecule has 1 atom stereocenters. The number of anilines is 2. The fraction of sp³-hybridized carbons (Fsp3) is 0.737. The van der Waals surface area contributed by atoms with Crippen molar-refractivity contribution in [3.05, 3.63) is 11.9 Å². The van der Waals surface area contributed by atoms with Gasteiger partial charge in [0.25, 0.3) is 0 Å². The van der Waals surface area contributed by atoms with Crippen molar-refractivity contribution in [3.63, 3.8) is 0 Å². The van der Waals surface area contributed by atoms with E-state index >= 15 is 0 Å². The summed E-state index contributed by atoms with van der Waals surface area (Å²) < 4.78 is 0. The first-order chi connectivity index (χ1) is 12.7. The molecule has 1 amide bonds. The molecule has 26 heavy (non-hydrogen) atoms. The van der Waals surface area contributed by atoms with Gasteiger partial charge in [0.1, 0.15) is 18.0 Å². The minimum absolute atomic E-state index is 0.189. The normalized spacial score (nSPS) is 21.2. The van der Waals surface area contributed by atoms with Crippen molar-refractivity contribution in [3.8, 4) is 0 Å². The lowest BCUT2D eigenvalue weighted by molar-refractivity contribution is -0.132. The van der Waals surface area contributed by atoms with Gasteiger partial charge >= 0.3 is 0 Å². The number of hydrogen-bond acceptors (Lipinski definition) is 6. The highest BCUT2D eigenvalue weighted by Gasteiger charge is 2.31. The van der Waals surface area contributed by atoms with Gasteiger partial charge in [-0.15, -0.1) is 0 Å². The van der Waals surface area contributed by atoms with E-state index in [9.17, 15) is 4.79 Å². The van der Waals surface area contributed by atoms with Crippen LogP contribution in [0.3, 0.4) is 0 Å². The molecule has 3 rings (SSSR count). The van der Waals surface area contributed by atoms with Crippen molar-refractivity contribution >= 4 is 17.5 Å². The van der Waals surface area contributed by atoms with E-state index < -0.39 is 0 Å². The number of likely N-dealkylation sites (N-methyl/N-ethyl adjacent to an activating group) is 1. The van der Waals surface area contributed by atoms with E-state index in [2.05, 4.69) is 32.4 Å². The molecule has 1 aromatic rings. The van der Waals surface area contributed by atoms with E-state index in [1.165, 1.54) is 12.8 Å². The molecule has 7 nitrogen and oxygen atoms in total. The maximum Gasteiger partial charge on any atom is 0.242 e. The van der Waals surface area contributed by atoms with E-state index in [-0.39, 0.29) is 5.91 Å². The molecule has 0 aliphatic carbocycles. The lowest BCUT2D eigenvalue weighted by Crippen LogP contribution is -2.43. The molecular formula is C19H32N6O. The molecule has 3 heterocycles. The van der Waals surface area contributed by atoms with Crippen LogP contribution in [0.1, 0.15) is 51.0 Å². The summed E-state index contributed by atoms with van der Waals surface area (Å²) in [4.78, 5) is 25.9. The van der Waals surface area contributed by atoms with Gasteiger partial charge in [-0.1, -0.05) is 19.8 Å². The van der Waals surface area contributed by atoms with Crippen molar-refractivity contribution in [1.82, 2.24) is 20.2 Å². The van der Waals surface area contributed by atoms with Crippen molar-refractivity contribution in [2.45, 2.75) is 58.0 Å². The molecule has 0 radical (unpaired) electrons. The third kappa shape index (κ3) is 4.44. The second-order valence-corrected chi connectivity index (χ2v) is 7.37. The summed E-state index contributed by atoms with van der Waals surface area (Å²) >= 11 is 0. The molecule has 2 aliphatic rings. The summed E-state index contributed by atoms with van der Waals surface area (Å²) in [5.74, 6) is 1.94. The molecule has 2 N–H and O–H groups in total. The summed E-state index contributed by atoms with van der Waals surface area (Å²) in [5, 5.41) is 6.92. The van der Waals surface area contributed by atoms with Crippen molar-refractivity contribution < 1.29 is 4.79 Å². The van der Waals surface area contributed by atoms with Gasteiger partial charge in [0.05, 0.1) is 18.7 Å². The summed E-state index contributed by atoms with van der Waals surface area (Å²) in [5.41, 5.74) is 1.05. The molecular weight excluding hydrogens is 328 g/mol. The van der Waals surface area contributed by atoms with Gasteiger partial charge < -0.3 is 20.4 Å². The minimum atomic E-state index is 0.189. The molecule has 0 saturated carbocycles. The third-order valence-corrected chi connectivity index (χ3v) is 5.36. The van der Waals surface area contributed by atoms with Gasteiger partial charge in [-0.2, -0.15) is 0 Å². The Hall–Kier alpha value is -1.89. The van der Waals surface area contributed by atoms with Gasteiger partial charge in [-0.3, -0.25) is 4.79 Å². The van der Waals surface area contributed by atoms with Crippen LogP contribution in [-0.2, 0) is 11.3 Å². The fourth-order valence-corrected chi connectivity index (χ4v) is 3.88. The SMILES string of the molecule is CCCCCNc1ncnc2c1CN(C1CCCNCC1)C(=O)CN2C. The van der Waals surface area contributed by atoms with Crippen molar-refractivity contribution in [2.24, 2.45) is 0 Å². The van der Waals surface area contributed by atoms with E-state index in [1.54, 1.807) is 6.33 Å². The standard InChI is InChI=1S/C19H32N6O/c1-3-4-5-10-21-18-16-12-25(15-7-6-9-20-11-8-15)17(26)13-24(2)19(16)23-14-22-18/h14-15,20H,3-13H2,1-2H3,(H,21,22,23). The fourth-order valence-electron chi connectivity index (χ4n) is 3.88. The Morgan fingerprint density at radius 2 is 2.12 bits per heavy atom. The average molecular weight is 361 g/mol. The van der Waals surface area contributed by atoms with Crippen LogP contribution in [0.2, 0.25) is 0 Å². The van der Waals surface area contributed by atoms with Crippen LogP contribution in [0, 0.1) is 0 Å². The molecule has 2 aliphatic heterocycles. The predicted molar refractivity (Wildman–Crippen MR) is 104 cm³/mol. The largest absolute Gasteiger partial charge is 0.370 e. The maximum absolute atomic E-state index is 12.9. The van der Waals surface area contributed by atoms with E-state index in [1.807, 2.05) is 11.9 Å². The molecule has 7 heteroatoms. The second kappa shape index (κ2) is 9.16. The molecule has 144 valence electrons. The van der Waals surface area contributed by atoms with Crippen LogP contribution in [0.25, 0.3) is 0 Å². The Bertz CT molecular complexity index is 600. The highest BCUT2D eigenvalue weighted by molar-refractivity contribution is 5.83. The summed E-state index contributed by atoms with van der Waals surface area (Å²) in [6, 6.07) is 0.296. The van der Waals surface area contributed by atoms with Crippen LogP contribution in [0.4, 0.5) is 11.6 Å². The smallest absolute Gasteiger partial charge is 0.242 e. The zero-order chi connectivity index (χ0) is 18.4. The number of nitrogens with one attached hydrogen (secondary N) is 2. The molecule has 1 aromatic heterocycles. The van der Waals surface area contributed by atoms with Crippen LogP contribution < -0.4 is 15.5 Å². The average Bonchev–Trinajstić information content (AvgIpc) is 2.98. The van der Waals surface area contributed by atoms with Crippen LogP contribution in [0.5, 0.6) is 0 Å². The third-order valence-electron chi connectivity index (χ3n) is 5.36. The number of amides is 1. The van der Waals surface area contributed by atoms with Crippen LogP contribution in [-0.4, -0.2) is 60.0 Å². The highest BCUT2D eigenvalue weighted by atomic mass is 16.2. The van der Waals surface area contributed by atoms with Crippen LogP contribution >= 0.6 is 0 Å². The molecule has 1 saturated heterocycles. The second-order valence-electron chi connectivity index (χ2n) is 7.37. The number of fused-ring (bicyclic) bond motifs is 1. The van der Waals surface area contributed by atoms with Gasteiger partial charge in [0.2, 0.25) is 5.91 Å². The minimum Gasteiger partial charge on any atom is -0.370 e. The van der Waals surface area contributed by atoms with Gasteiger partial charge in [-0.25, -0.2) is 9.97 Å². The first-order valence-electron chi connectivity index (χ1n) is 9.99. The Labute approximate surface area is 156 Å². The Kier molecular flexibility index (Phi) is 6.66. The number of aromatic nitrogens is 2. The number of unbranched alkanes of at least 4 members (excludes halogenated alkanes) is 2. The molecule has 0 aromatic carbocycles. The highest BCUT2D eigenvalue weighted by Crippen LogP contribution is 2.29. The van der Waals surface area contributed by atoms with Gasteiger partial charge in [0.15, 0.2) is 0 Å². The number of rotatable bonds is 6. The van der Waals surface area contributed by atoms with Gasteiger partial charge in [-0.05, 0) is 38.8 Å². The quantitative estimate of drug-likeness (QED) is 0.756. The summed E-state index contributed by atoms with van der Waals surface area (Å²) in [7, 11) is 1.95. The van der Waals surface area contributed by atoms with E-state index in [0.717, 1.165) is 62.5 Å². The lowest BCUT2D eigenvalue weighted by Gasteiger charge is -2.30. The first kappa shape index (κ1) is 18.9. The number of nitrogens with zero attached hydrogens (tertiary/aromatic N) is 4. The van der Waals surface area contributed by atoms with Crippen LogP contribution in [0.15, 0.2) is 6.33 Å². The zero-order valence-electron chi connectivity index (χ0n) is 16.1. The monoisotopic (exact) mass is 360 g/mol. The van der Waals surface area contributed by atoms with Crippen molar-refractivity contribution in [1.29, 1.82) is 0 Å². The Morgan fingerprint density at radius 1 is 1.23 bits per heavy atom. The van der Waals surface area contributed by atoms with Gasteiger partial charge in [0, 0.05) is 19.6 Å². The first-order valence-corrected chi connectivity index (χ1v) is 9.99. The molecule has 1 unspecified atom stereocenters. The number of carbonyl (C=O) groups is 1. The predicted octanol–water partition coefficient (Wildman–Crippen LogP) is 2.00. The Balaban J connectivity index is 1.82. The molecule has 0 bridgehead atoms. The topological polar surface area (TPSA) is 73.4 Å².